The van der Waals surface area contributed by atoms with Crippen LogP contribution in [0.3, 0.4) is 0 Å². The van der Waals surface area contributed by atoms with Gasteiger partial charge in [-0.1, -0.05) is 12.1 Å². The number of rotatable bonds is 3. The van der Waals surface area contributed by atoms with E-state index in [9.17, 15) is 9.90 Å². The molecule has 1 saturated heterocycles. The SMILES string of the molecule is CN(C)c1ccc(-c2ccc(C(=O)N3CC[C@@H](O)C3)cc2)nn1. The van der Waals surface area contributed by atoms with Gasteiger partial charge < -0.3 is 14.9 Å². The molecule has 0 spiro atoms. The van der Waals surface area contributed by atoms with E-state index in [1.807, 2.05) is 43.3 Å². The summed E-state index contributed by atoms with van der Waals surface area (Å²) in [6.45, 7) is 1.03. The van der Waals surface area contributed by atoms with Gasteiger partial charge in [0.1, 0.15) is 0 Å². The molecular formula is C17H20N4O2. The van der Waals surface area contributed by atoms with Crippen molar-refractivity contribution in [2.45, 2.75) is 12.5 Å². The minimum absolute atomic E-state index is 0.0397. The fourth-order valence-corrected chi connectivity index (χ4v) is 2.61. The summed E-state index contributed by atoms with van der Waals surface area (Å²) in [7, 11) is 3.83. The standard InChI is InChI=1S/C17H20N4O2/c1-20(2)16-8-7-15(18-19-16)12-3-5-13(6-4-12)17(23)21-10-9-14(22)11-21/h3-8,14,22H,9-11H2,1-2H3/t14-/m1/s1. The molecule has 0 bridgehead atoms. The Morgan fingerprint density at radius 2 is 1.91 bits per heavy atom. The van der Waals surface area contributed by atoms with Gasteiger partial charge in [-0.15, -0.1) is 10.2 Å². The number of hydrogen-bond donors (Lipinski definition) is 1. The summed E-state index contributed by atoms with van der Waals surface area (Å²) in [6.07, 6.45) is 0.251. The van der Waals surface area contributed by atoms with Gasteiger partial charge in [-0.3, -0.25) is 4.79 Å². The third-order valence-corrected chi connectivity index (χ3v) is 3.99. The molecule has 1 amide bonds. The van der Waals surface area contributed by atoms with Gasteiger partial charge in [0.15, 0.2) is 5.82 Å². The number of aliphatic hydroxyl groups is 1. The lowest BCUT2D eigenvalue weighted by molar-refractivity contribution is 0.0765. The van der Waals surface area contributed by atoms with E-state index in [1.165, 1.54) is 0 Å². The van der Waals surface area contributed by atoms with Crippen LogP contribution in [0.5, 0.6) is 0 Å². The fourth-order valence-electron chi connectivity index (χ4n) is 2.61. The largest absolute Gasteiger partial charge is 0.391 e. The number of likely N-dealkylation sites (tertiary alicyclic amines) is 1. The van der Waals surface area contributed by atoms with Crippen LogP contribution < -0.4 is 4.90 Å². The zero-order chi connectivity index (χ0) is 16.4. The lowest BCUT2D eigenvalue weighted by atomic mass is 10.1. The third kappa shape index (κ3) is 3.32. The van der Waals surface area contributed by atoms with Crippen molar-refractivity contribution >= 4 is 11.7 Å². The second-order valence-corrected chi connectivity index (χ2v) is 5.94. The maximum Gasteiger partial charge on any atom is 0.253 e. The molecule has 1 aliphatic heterocycles. The fraction of sp³-hybridized carbons (Fsp3) is 0.353. The Labute approximate surface area is 135 Å². The van der Waals surface area contributed by atoms with Crippen LogP contribution in [-0.4, -0.2) is 59.4 Å². The predicted molar refractivity (Wildman–Crippen MR) is 88.3 cm³/mol. The normalized spacial score (nSPS) is 17.3. The van der Waals surface area contributed by atoms with Gasteiger partial charge in [-0.05, 0) is 30.7 Å². The van der Waals surface area contributed by atoms with Gasteiger partial charge in [0, 0.05) is 38.3 Å². The molecule has 3 rings (SSSR count). The van der Waals surface area contributed by atoms with Crippen LogP contribution in [0.2, 0.25) is 0 Å². The van der Waals surface area contributed by atoms with Crippen molar-refractivity contribution < 1.29 is 9.90 Å². The van der Waals surface area contributed by atoms with E-state index in [0.29, 0.717) is 25.1 Å². The average molecular weight is 312 g/mol. The lowest BCUT2D eigenvalue weighted by Crippen LogP contribution is -2.29. The first-order chi connectivity index (χ1) is 11.0. The highest BCUT2D eigenvalue weighted by molar-refractivity contribution is 5.94. The summed E-state index contributed by atoms with van der Waals surface area (Å²) in [5.41, 5.74) is 2.31. The molecule has 0 unspecified atom stereocenters. The minimum atomic E-state index is -0.399. The van der Waals surface area contributed by atoms with E-state index in [1.54, 1.807) is 17.0 Å². The molecule has 0 saturated carbocycles. The third-order valence-electron chi connectivity index (χ3n) is 3.99. The van der Waals surface area contributed by atoms with E-state index in [-0.39, 0.29) is 5.91 Å². The molecule has 23 heavy (non-hydrogen) atoms. The molecule has 2 heterocycles. The number of β-amino-alcohol motifs (C(OH)–C–C–N with tert-alkyl or cyclic N) is 1. The van der Waals surface area contributed by atoms with Crippen LogP contribution >= 0.6 is 0 Å². The summed E-state index contributed by atoms with van der Waals surface area (Å²) in [5, 5.41) is 17.9. The minimum Gasteiger partial charge on any atom is -0.391 e. The molecule has 1 aromatic carbocycles. The number of hydrogen-bond acceptors (Lipinski definition) is 5. The summed E-state index contributed by atoms with van der Waals surface area (Å²) in [6, 6.07) is 11.2. The zero-order valence-corrected chi connectivity index (χ0v) is 13.3. The second-order valence-electron chi connectivity index (χ2n) is 5.94. The quantitative estimate of drug-likeness (QED) is 0.928. The highest BCUT2D eigenvalue weighted by atomic mass is 16.3. The van der Waals surface area contributed by atoms with Crippen molar-refractivity contribution in [1.82, 2.24) is 15.1 Å². The smallest absolute Gasteiger partial charge is 0.253 e. The first kappa shape index (κ1) is 15.4. The average Bonchev–Trinajstić information content (AvgIpc) is 3.01. The Morgan fingerprint density at radius 1 is 1.17 bits per heavy atom. The summed E-state index contributed by atoms with van der Waals surface area (Å²) in [4.78, 5) is 15.9. The van der Waals surface area contributed by atoms with Crippen molar-refractivity contribution in [2.75, 3.05) is 32.1 Å². The summed E-state index contributed by atoms with van der Waals surface area (Å²) < 4.78 is 0. The van der Waals surface area contributed by atoms with Crippen molar-refractivity contribution in [2.24, 2.45) is 0 Å². The maximum absolute atomic E-state index is 12.3. The molecule has 1 aliphatic rings. The Balaban J connectivity index is 1.75. The Morgan fingerprint density at radius 3 is 2.43 bits per heavy atom. The number of carbonyl (C=O) groups excluding carboxylic acids is 1. The van der Waals surface area contributed by atoms with Crippen LogP contribution in [0.15, 0.2) is 36.4 Å². The number of anilines is 1. The van der Waals surface area contributed by atoms with Gasteiger partial charge in [-0.2, -0.15) is 0 Å². The van der Waals surface area contributed by atoms with Crippen LogP contribution in [0.1, 0.15) is 16.8 Å². The number of carbonyl (C=O) groups is 1. The molecule has 1 atom stereocenters. The molecule has 0 aliphatic carbocycles. The van der Waals surface area contributed by atoms with Gasteiger partial charge in [0.25, 0.3) is 5.91 Å². The second kappa shape index (κ2) is 6.34. The van der Waals surface area contributed by atoms with E-state index in [0.717, 1.165) is 17.1 Å². The molecule has 0 radical (unpaired) electrons. The summed E-state index contributed by atoms with van der Waals surface area (Å²) in [5.74, 6) is 0.760. The van der Waals surface area contributed by atoms with Crippen molar-refractivity contribution in [3.63, 3.8) is 0 Å². The van der Waals surface area contributed by atoms with Gasteiger partial charge in [0.2, 0.25) is 0 Å². The Bertz CT molecular complexity index is 683. The van der Waals surface area contributed by atoms with Crippen molar-refractivity contribution in [1.29, 1.82) is 0 Å². The van der Waals surface area contributed by atoms with Crippen LogP contribution in [0.25, 0.3) is 11.3 Å². The molecule has 2 aromatic rings. The number of aromatic nitrogens is 2. The van der Waals surface area contributed by atoms with E-state index >= 15 is 0 Å². The van der Waals surface area contributed by atoms with E-state index < -0.39 is 6.10 Å². The Hall–Kier alpha value is -2.47. The Kier molecular flexibility index (Phi) is 4.25. The summed E-state index contributed by atoms with van der Waals surface area (Å²) >= 11 is 0. The lowest BCUT2D eigenvalue weighted by Gasteiger charge is -2.15. The molecule has 1 N–H and O–H groups in total. The molecule has 1 aromatic heterocycles. The van der Waals surface area contributed by atoms with Gasteiger partial charge in [-0.25, -0.2) is 0 Å². The zero-order valence-electron chi connectivity index (χ0n) is 13.3. The number of benzene rings is 1. The first-order valence-electron chi connectivity index (χ1n) is 7.63. The predicted octanol–water partition coefficient (Wildman–Crippen LogP) is 1.42. The molecule has 120 valence electrons. The van der Waals surface area contributed by atoms with E-state index in [2.05, 4.69) is 10.2 Å². The molecule has 6 heteroatoms. The van der Waals surface area contributed by atoms with Crippen molar-refractivity contribution in [3.8, 4) is 11.3 Å². The number of nitrogens with zero attached hydrogens (tertiary/aromatic N) is 4. The number of amides is 1. The molecule has 1 fully saturated rings. The highest BCUT2D eigenvalue weighted by Crippen LogP contribution is 2.20. The monoisotopic (exact) mass is 312 g/mol. The topological polar surface area (TPSA) is 69.6 Å². The first-order valence-corrected chi connectivity index (χ1v) is 7.63. The molecular weight excluding hydrogens is 292 g/mol. The van der Waals surface area contributed by atoms with Crippen LogP contribution in [0.4, 0.5) is 5.82 Å². The van der Waals surface area contributed by atoms with Gasteiger partial charge in [0.05, 0.1) is 11.8 Å². The molecule has 6 nitrogen and oxygen atoms in total. The maximum atomic E-state index is 12.3. The van der Waals surface area contributed by atoms with Gasteiger partial charge >= 0.3 is 0 Å². The van der Waals surface area contributed by atoms with Crippen molar-refractivity contribution in [3.05, 3.63) is 42.0 Å². The van der Waals surface area contributed by atoms with Crippen LogP contribution in [0, 0.1) is 0 Å². The number of aliphatic hydroxyl groups excluding tert-OH is 1. The van der Waals surface area contributed by atoms with E-state index in [4.69, 9.17) is 0 Å². The van der Waals surface area contributed by atoms with Crippen LogP contribution in [-0.2, 0) is 0 Å². The highest BCUT2D eigenvalue weighted by Gasteiger charge is 2.25.